The van der Waals surface area contributed by atoms with Crippen molar-refractivity contribution in [1.29, 1.82) is 5.26 Å². The molecule has 1 aromatic carbocycles. The summed E-state index contributed by atoms with van der Waals surface area (Å²) in [5, 5.41) is 9.62. The number of carbonyl (C=O) groups excluding carboxylic acids is 1. The summed E-state index contributed by atoms with van der Waals surface area (Å²) in [7, 11) is 0. The van der Waals surface area contributed by atoms with Gasteiger partial charge in [0.25, 0.3) is 11.5 Å². The van der Waals surface area contributed by atoms with Gasteiger partial charge in [0, 0.05) is 19.3 Å². The van der Waals surface area contributed by atoms with E-state index in [4.69, 9.17) is 4.74 Å². The fourth-order valence-corrected chi connectivity index (χ4v) is 3.47. The van der Waals surface area contributed by atoms with Crippen molar-refractivity contribution in [2.45, 2.75) is 19.3 Å². The van der Waals surface area contributed by atoms with Gasteiger partial charge in [-0.2, -0.15) is 10.2 Å². The number of fused-ring (bicyclic) bond motifs is 1. The van der Waals surface area contributed by atoms with Crippen molar-refractivity contribution in [3.8, 4) is 17.7 Å². The number of rotatable bonds is 4. The SMILES string of the molecule is N#C/C(=C\c1c(Oc2ccccc2F)nc2ccccn2c1=O)C(=O)N1CCCCC1. The van der Waals surface area contributed by atoms with Crippen LogP contribution in [0.4, 0.5) is 4.39 Å². The number of amides is 1. The Bertz CT molecular complexity index is 1270. The van der Waals surface area contributed by atoms with Crippen LogP contribution in [0, 0.1) is 17.1 Å². The molecule has 0 radical (unpaired) electrons. The molecule has 3 aromatic rings. The zero-order chi connectivity index (χ0) is 21.8. The summed E-state index contributed by atoms with van der Waals surface area (Å²) in [6.45, 7) is 1.12. The van der Waals surface area contributed by atoms with Gasteiger partial charge in [-0.25, -0.2) is 4.39 Å². The zero-order valence-corrected chi connectivity index (χ0v) is 16.6. The Morgan fingerprint density at radius 2 is 1.87 bits per heavy atom. The maximum atomic E-state index is 14.2. The molecule has 7 nitrogen and oxygen atoms in total. The summed E-state index contributed by atoms with van der Waals surface area (Å²) in [5.74, 6) is -1.38. The van der Waals surface area contributed by atoms with Crippen molar-refractivity contribution in [2.24, 2.45) is 0 Å². The number of hydrogen-bond acceptors (Lipinski definition) is 5. The highest BCUT2D eigenvalue weighted by atomic mass is 19.1. The maximum Gasteiger partial charge on any atom is 0.269 e. The van der Waals surface area contributed by atoms with Crippen molar-refractivity contribution in [1.82, 2.24) is 14.3 Å². The second-order valence-electron chi connectivity index (χ2n) is 7.12. The van der Waals surface area contributed by atoms with Gasteiger partial charge in [0.2, 0.25) is 5.88 Å². The van der Waals surface area contributed by atoms with Gasteiger partial charge in [0.1, 0.15) is 22.9 Å². The lowest BCUT2D eigenvalue weighted by atomic mass is 10.1. The first-order valence-corrected chi connectivity index (χ1v) is 9.93. The normalized spacial score (nSPS) is 14.3. The number of carbonyl (C=O) groups is 1. The minimum atomic E-state index is -0.627. The summed E-state index contributed by atoms with van der Waals surface area (Å²) in [5.41, 5.74) is -0.545. The van der Waals surface area contributed by atoms with E-state index in [1.165, 1.54) is 34.9 Å². The fourth-order valence-electron chi connectivity index (χ4n) is 3.47. The summed E-state index contributed by atoms with van der Waals surface area (Å²) >= 11 is 0. The summed E-state index contributed by atoms with van der Waals surface area (Å²) in [6.07, 6.45) is 5.47. The highest BCUT2D eigenvalue weighted by molar-refractivity contribution is 6.02. The van der Waals surface area contributed by atoms with Gasteiger partial charge in [-0.05, 0) is 49.6 Å². The number of likely N-dealkylation sites (tertiary alicyclic amines) is 1. The Hall–Kier alpha value is -3.99. The number of pyridine rings is 1. The standard InChI is InChI=1S/C23H19FN4O3/c24-18-8-2-3-9-19(18)31-21-17(23(30)28-13-7-4-10-20(28)26-21)14-16(15-25)22(29)27-11-5-1-6-12-27/h2-4,7-10,13-14H,1,5-6,11-12H2/b16-14+. The number of benzene rings is 1. The Labute approximate surface area is 177 Å². The lowest BCUT2D eigenvalue weighted by molar-refractivity contribution is -0.127. The largest absolute Gasteiger partial charge is 0.435 e. The number of hydrogen-bond donors (Lipinski definition) is 0. The fraction of sp³-hybridized carbons (Fsp3) is 0.217. The summed E-state index contributed by atoms with van der Waals surface area (Å²) in [6, 6.07) is 12.6. The van der Waals surface area contributed by atoms with Crippen LogP contribution in [0.15, 0.2) is 59.0 Å². The van der Waals surface area contributed by atoms with Gasteiger partial charge in [-0.3, -0.25) is 14.0 Å². The van der Waals surface area contributed by atoms with Crippen LogP contribution in [-0.2, 0) is 4.79 Å². The molecule has 3 heterocycles. The molecule has 1 aliphatic heterocycles. The molecule has 1 saturated heterocycles. The van der Waals surface area contributed by atoms with Crippen LogP contribution in [0.2, 0.25) is 0 Å². The molecule has 156 valence electrons. The Morgan fingerprint density at radius 1 is 1.13 bits per heavy atom. The predicted octanol–water partition coefficient (Wildman–Crippen LogP) is 3.55. The van der Waals surface area contributed by atoms with E-state index in [2.05, 4.69) is 4.98 Å². The molecular weight excluding hydrogens is 399 g/mol. The van der Waals surface area contributed by atoms with E-state index in [1.54, 1.807) is 29.2 Å². The minimum Gasteiger partial charge on any atom is -0.435 e. The molecule has 1 aliphatic rings. The topological polar surface area (TPSA) is 87.7 Å². The van der Waals surface area contributed by atoms with Crippen molar-refractivity contribution < 1.29 is 13.9 Å². The molecule has 0 saturated carbocycles. The lowest BCUT2D eigenvalue weighted by Crippen LogP contribution is -2.36. The number of nitriles is 1. The second-order valence-corrected chi connectivity index (χ2v) is 7.12. The first kappa shape index (κ1) is 20.3. The molecule has 4 rings (SSSR count). The third kappa shape index (κ3) is 4.16. The molecule has 1 amide bonds. The van der Waals surface area contributed by atoms with Gasteiger partial charge in [-0.1, -0.05) is 18.2 Å². The first-order chi connectivity index (χ1) is 15.1. The van der Waals surface area contributed by atoms with E-state index in [1.807, 2.05) is 6.07 Å². The van der Waals surface area contributed by atoms with Gasteiger partial charge in [0.15, 0.2) is 11.6 Å². The molecule has 0 atom stereocenters. The molecule has 8 heteroatoms. The van der Waals surface area contributed by atoms with Crippen LogP contribution in [0.25, 0.3) is 11.7 Å². The monoisotopic (exact) mass is 418 g/mol. The number of para-hydroxylation sites is 1. The number of aromatic nitrogens is 2. The Morgan fingerprint density at radius 3 is 2.61 bits per heavy atom. The highest BCUT2D eigenvalue weighted by Crippen LogP contribution is 2.26. The Balaban J connectivity index is 1.84. The Kier molecular flexibility index (Phi) is 5.76. The van der Waals surface area contributed by atoms with Gasteiger partial charge in [-0.15, -0.1) is 0 Å². The van der Waals surface area contributed by atoms with Crippen LogP contribution < -0.4 is 10.3 Å². The molecule has 31 heavy (non-hydrogen) atoms. The third-order valence-electron chi connectivity index (χ3n) is 5.06. The average molecular weight is 418 g/mol. The number of halogens is 1. The van der Waals surface area contributed by atoms with E-state index in [-0.39, 0.29) is 28.4 Å². The predicted molar refractivity (Wildman–Crippen MR) is 112 cm³/mol. The van der Waals surface area contributed by atoms with E-state index >= 15 is 0 Å². The molecular formula is C23H19FN4O3. The van der Waals surface area contributed by atoms with Crippen molar-refractivity contribution >= 4 is 17.6 Å². The molecule has 0 N–H and O–H groups in total. The van der Waals surface area contributed by atoms with Crippen LogP contribution in [0.1, 0.15) is 24.8 Å². The molecule has 1 fully saturated rings. The average Bonchev–Trinajstić information content (AvgIpc) is 2.81. The van der Waals surface area contributed by atoms with Crippen molar-refractivity contribution in [2.75, 3.05) is 13.1 Å². The number of nitrogens with zero attached hydrogens (tertiary/aromatic N) is 4. The number of ether oxygens (including phenoxy) is 1. The molecule has 0 unspecified atom stereocenters. The quantitative estimate of drug-likeness (QED) is 0.478. The third-order valence-corrected chi connectivity index (χ3v) is 5.06. The number of piperidine rings is 1. The van der Waals surface area contributed by atoms with Crippen molar-refractivity contribution in [3.63, 3.8) is 0 Å². The minimum absolute atomic E-state index is 0.103. The smallest absolute Gasteiger partial charge is 0.269 e. The molecule has 0 bridgehead atoms. The van der Waals surface area contributed by atoms with Gasteiger partial charge in [0.05, 0.1) is 0 Å². The van der Waals surface area contributed by atoms with Crippen LogP contribution in [0.5, 0.6) is 11.6 Å². The van der Waals surface area contributed by atoms with E-state index in [0.29, 0.717) is 13.1 Å². The van der Waals surface area contributed by atoms with Crippen LogP contribution >= 0.6 is 0 Å². The lowest BCUT2D eigenvalue weighted by Gasteiger charge is -2.26. The molecule has 0 spiro atoms. The molecule has 2 aromatic heterocycles. The van der Waals surface area contributed by atoms with Gasteiger partial charge < -0.3 is 9.64 Å². The summed E-state index contributed by atoms with van der Waals surface area (Å²) in [4.78, 5) is 31.9. The molecule has 0 aliphatic carbocycles. The van der Waals surface area contributed by atoms with Gasteiger partial charge >= 0.3 is 0 Å². The second kappa shape index (κ2) is 8.79. The van der Waals surface area contributed by atoms with E-state index in [9.17, 15) is 19.2 Å². The highest BCUT2D eigenvalue weighted by Gasteiger charge is 2.23. The zero-order valence-electron chi connectivity index (χ0n) is 16.6. The van der Waals surface area contributed by atoms with Crippen LogP contribution in [0.3, 0.4) is 0 Å². The summed E-state index contributed by atoms with van der Waals surface area (Å²) < 4.78 is 21.1. The van der Waals surface area contributed by atoms with Crippen LogP contribution in [-0.4, -0.2) is 33.3 Å². The first-order valence-electron chi connectivity index (χ1n) is 9.93. The van der Waals surface area contributed by atoms with E-state index < -0.39 is 17.3 Å². The van der Waals surface area contributed by atoms with Crippen molar-refractivity contribution in [3.05, 3.63) is 76.0 Å². The maximum absolute atomic E-state index is 14.2. The van der Waals surface area contributed by atoms with E-state index in [0.717, 1.165) is 19.3 Å².